The zero-order valence-electron chi connectivity index (χ0n) is 20.6. The van der Waals surface area contributed by atoms with Gasteiger partial charge in [0, 0.05) is 54.3 Å². The molecule has 2 N–H and O–H groups in total. The molecular formula is C30H29NO6. The molecule has 1 unspecified atom stereocenters. The van der Waals surface area contributed by atoms with Crippen molar-refractivity contribution in [2.24, 2.45) is 0 Å². The Balaban J connectivity index is 1.75. The summed E-state index contributed by atoms with van der Waals surface area (Å²) in [6.45, 7) is 1.38. The summed E-state index contributed by atoms with van der Waals surface area (Å²) in [6, 6.07) is 18.9. The van der Waals surface area contributed by atoms with Crippen molar-refractivity contribution in [3.05, 3.63) is 88.1 Å². The summed E-state index contributed by atoms with van der Waals surface area (Å²) in [5.74, 6) is -0.557. The van der Waals surface area contributed by atoms with Gasteiger partial charge in [0.15, 0.2) is 5.43 Å². The van der Waals surface area contributed by atoms with E-state index in [0.29, 0.717) is 35.7 Å². The molecule has 0 bridgehead atoms. The minimum absolute atomic E-state index is 0.0348. The number of hydrogen-bond acceptors (Lipinski definition) is 6. The zero-order valence-corrected chi connectivity index (χ0v) is 20.6. The van der Waals surface area contributed by atoms with Crippen LogP contribution >= 0.6 is 0 Å². The van der Waals surface area contributed by atoms with E-state index in [1.54, 1.807) is 13.2 Å². The highest BCUT2D eigenvalue weighted by molar-refractivity contribution is 5.91. The molecule has 1 aliphatic rings. The second-order valence-corrected chi connectivity index (χ2v) is 9.31. The van der Waals surface area contributed by atoms with Gasteiger partial charge in [-0.15, -0.1) is 0 Å². The van der Waals surface area contributed by atoms with Crippen LogP contribution < -0.4 is 10.2 Å². The van der Waals surface area contributed by atoms with Crippen LogP contribution in [0.3, 0.4) is 0 Å². The third-order valence-electron chi connectivity index (χ3n) is 7.01. The van der Waals surface area contributed by atoms with E-state index < -0.39 is 11.3 Å². The molecule has 0 saturated carbocycles. The molecule has 7 nitrogen and oxygen atoms in total. The molecule has 7 heteroatoms. The molecule has 4 aromatic rings. The highest BCUT2D eigenvalue weighted by Crippen LogP contribution is 2.45. The molecule has 0 aliphatic carbocycles. The van der Waals surface area contributed by atoms with Gasteiger partial charge in [-0.1, -0.05) is 48.5 Å². The number of benzene rings is 3. The van der Waals surface area contributed by atoms with Gasteiger partial charge >= 0.3 is 0 Å². The van der Waals surface area contributed by atoms with Gasteiger partial charge in [0.2, 0.25) is 5.91 Å². The Labute approximate surface area is 214 Å². The lowest BCUT2D eigenvalue weighted by Crippen LogP contribution is -2.36. The summed E-state index contributed by atoms with van der Waals surface area (Å²) in [7, 11) is 1.55. The van der Waals surface area contributed by atoms with E-state index in [9.17, 15) is 19.8 Å². The van der Waals surface area contributed by atoms with Gasteiger partial charge in [0.1, 0.15) is 34.0 Å². The largest absolute Gasteiger partial charge is 0.507 e. The van der Waals surface area contributed by atoms with Gasteiger partial charge in [-0.2, -0.15) is 0 Å². The highest BCUT2D eigenvalue weighted by Gasteiger charge is 2.31. The third-order valence-corrected chi connectivity index (χ3v) is 7.01. The summed E-state index contributed by atoms with van der Waals surface area (Å²) >= 11 is 0. The summed E-state index contributed by atoms with van der Waals surface area (Å²) < 4.78 is 11.9. The first kappa shape index (κ1) is 24.4. The highest BCUT2D eigenvalue weighted by atomic mass is 16.5. The summed E-state index contributed by atoms with van der Waals surface area (Å²) in [5, 5.41) is 21.8. The number of carbonyl (C=O) groups excluding carboxylic acids is 1. The normalized spacial score (nSPS) is 14.5. The molecule has 2 heterocycles. The van der Waals surface area contributed by atoms with Crippen molar-refractivity contribution in [3.63, 3.8) is 0 Å². The van der Waals surface area contributed by atoms with Gasteiger partial charge in [-0.25, -0.2) is 0 Å². The number of amides is 1. The molecule has 3 aromatic carbocycles. The number of carbonyl (C=O) groups is 1. The van der Waals surface area contributed by atoms with Gasteiger partial charge in [0.25, 0.3) is 0 Å². The summed E-state index contributed by atoms with van der Waals surface area (Å²) in [6.07, 6.45) is 3.03. The monoisotopic (exact) mass is 499 g/mol. The maximum absolute atomic E-state index is 13.5. The Bertz CT molecular complexity index is 1490. The minimum atomic E-state index is -0.692. The average Bonchev–Trinajstić information content (AvgIpc) is 2.92. The van der Waals surface area contributed by atoms with Gasteiger partial charge in [0.05, 0.1) is 7.11 Å². The predicted molar refractivity (Wildman–Crippen MR) is 141 cm³/mol. The van der Waals surface area contributed by atoms with Gasteiger partial charge < -0.3 is 24.3 Å². The number of ether oxygens (including phenoxy) is 1. The van der Waals surface area contributed by atoms with Crippen LogP contribution in [0.25, 0.3) is 22.3 Å². The Morgan fingerprint density at radius 2 is 1.68 bits per heavy atom. The first-order chi connectivity index (χ1) is 18.0. The fraction of sp³-hybridized carbons (Fsp3) is 0.267. The smallest absolute Gasteiger partial charge is 0.223 e. The molecule has 37 heavy (non-hydrogen) atoms. The number of methoxy groups -OCH3 is 1. The second kappa shape index (κ2) is 10.4. The van der Waals surface area contributed by atoms with Crippen molar-refractivity contribution in [3.8, 4) is 28.6 Å². The van der Waals surface area contributed by atoms with Crippen LogP contribution in [0.4, 0.5) is 0 Å². The number of phenols is 2. The van der Waals surface area contributed by atoms with Crippen LogP contribution in [0, 0.1) is 0 Å². The molecule has 1 atom stereocenters. The van der Waals surface area contributed by atoms with Gasteiger partial charge in [-0.05, 0) is 25.3 Å². The van der Waals surface area contributed by atoms with E-state index in [4.69, 9.17) is 9.15 Å². The first-order valence-electron chi connectivity index (χ1n) is 12.5. The Kier molecular flexibility index (Phi) is 6.86. The average molecular weight is 500 g/mol. The van der Waals surface area contributed by atoms with Crippen molar-refractivity contribution in [1.82, 2.24) is 4.90 Å². The van der Waals surface area contributed by atoms with Crippen molar-refractivity contribution in [2.45, 2.75) is 31.6 Å². The molecule has 1 amide bonds. The molecule has 1 aromatic heterocycles. The van der Waals surface area contributed by atoms with E-state index >= 15 is 0 Å². The fourth-order valence-corrected chi connectivity index (χ4v) is 5.17. The number of fused-ring (bicyclic) bond motifs is 1. The number of likely N-dealkylation sites (tertiary alicyclic amines) is 1. The van der Waals surface area contributed by atoms with Crippen LogP contribution in [0.15, 0.2) is 75.9 Å². The van der Waals surface area contributed by atoms with E-state index in [1.165, 1.54) is 6.07 Å². The molecule has 0 spiro atoms. The number of phenolic OH excluding ortho intramolecular Hbond substituents is 2. The summed E-state index contributed by atoms with van der Waals surface area (Å²) in [4.78, 5) is 28.5. The Morgan fingerprint density at radius 1 is 0.973 bits per heavy atom. The van der Waals surface area contributed by atoms with Crippen molar-refractivity contribution < 1.29 is 24.2 Å². The second-order valence-electron chi connectivity index (χ2n) is 9.31. The number of para-hydroxylation sites is 1. The Hall–Kier alpha value is -4.26. The molecule has 0 radical (unpaired) electrons. The lowest BCUT2D eigenvalue weighted by Gasteiger charge is -2.29. The van der Waals surface area contributed by atoms with E-state index in [0.717, 1.165) is 25.3 Å². The molecule has 5 rings (SSSR count). The number of nitrogens with zero attached hydrogens (tertiary/aromatic N) is 1. The standard InChI is InChI=1S/C30H29NO6/c1-36-25-13-7-6-12-20(25)21(16-27(35)31-14-8-3-9-15-31)28-22(32)17-23(33)29-24(34)18-26(37-30(28)29)19-10-4-2-5-11-19/h2,4-7,10-13,17-18,21,32-33H,3,8-9,14-16H2,1H3. The van der Waals surface area contributed by atoms with E-state index in [1.807, 2.05) is 53.4 Å². The van der Waals surface area contributed by atoms with E-state index in [-0.39, 0.29) is 40.4 Å². The molecule has 1 aliphatic heterocycles. The van der Waals surface area contributed by atoms with Gasteiger partial charge in [-0.3, -0.25) is 9.59 Å². The van der Waals surface area contributed by atoms with Crippen LogP contribution in [-0.2, 0) is 4.79 Å². The number of piperidine rings is 1. The van der Waals surface area contributed by atoms with Crippen molar-refractivity contribution >= 4 is 16.9 Å². The molecule has 1 saturated heterocycles. The molecule has 1 fully saturated rings. The van der Waals surface area contributed by atoms with Crippen LogP contribution in [0.5, 0.6) is 17.2 Å². The third kappa shape index (κ3) is 4.77. The summed E-state index contributed by atoms with van der Waals surface area (Å²) in [5.41, 5.74) is 1.21. The van der Waals surface area contributed by atoms with Crippen molar-refractivity contribution in [1.29, 1.82) is 0 Å². The quantitative estimate of drug-likeness (QED) is 0.368. The zero-order chi connectivity index (χ0) is 25.9. The van der Waals surface area contributed by atoms with Crippen LogP contribution in [0.1, 0.15) is 42.7 Å². The maximum Gasteiger partial charge on any atom is 0.223 e. The van der Waals surface area contributed by atoms with Crippen LogP contribution in [-0.4, -0.2) is 41.2 Å². The minimum Gasteiger partial charge on any atom is -0.507 e. The topological polar surface area (TPSA) is 100 Å². The SMILES string of the molecule is COc1ccccc1C(CC(=O)N1CCCCC1)c1c(O)cc(O)c2c(=O)cc(-c3ccccc3)oc12. The first-order valence-corrected chi connectivity index (χ1v) is 12.5. The fourth-order valence-electron chi connectivity index (χ4n) is 5.17. The number of hydrogen-bond donors (Lipinski definition) is 2. The molecular weight excluding hydrogens is 470 g/mol. The Morgan fingerprint density at radius 3 is 2.41 bits per heavy atom. The molecule has 190 valence electrons. The number of aromatic hydroxyl groups is 2. The lowest BCUT2D eigenvalue weighted by molar-refractivity contribution is -0.132. The van der Waals surface area contributed by atoms with E-state index in [2.05, 4.69) is 0 Å². The predicted octanol–water partition coefficient (Wildman–Crippen LogP) is 5.41. The number of rotatable bonds is 6. The maximum atomic E-state index is 13.5. The van der Waals surface area contributed by atoms with Crippen LogP contribution in [0.2, 0.25) is 0 Å². The van der Waals surface area contributed by atoms with Crippen molar-refractivity contribution in [2.75, 3.05) is 20.2 Å². The lowest BCUT2D eigenvalue weighted by atomic mass is 9.85.